The van der Waals surface area contributed by atoms with Crippen LogP contribution in [0.5, 0.6) is 0 Å². The molecular formula is C15H19N3O3S. The molecule has 0 aliphatic carbocycles. The summed E-state index contributed by atoms with van der Waals surface area (Å²) in [5.74, 6) is 1.31. The topological polar surface area (TPSA) is 76.3 Å². The highest BCUT2D eigenvalue weighted by Crippen LogP contribution is 2.29. The zero-order valence-electron chi connectivity index (χ0n) is 12.7. The van der Waals surface area contributed by atoms with Crippen LogP contribution < -0.4 is 0 Å². The number of benzene rings is 1. The van der Waals surface area contributed by atoms with E-state index in [-0.39, 0.29) is 5.92 Å². The SMILES string of the molecule is Cc1ccc(-c2noc(C3CCN(S(C)(=O)=O)CC3)n2)cc1. The second-order valence-corrected chi connectivity index (χ2v) is 7.74. The number of nitrogens with zero attached hydrogens (tertiary/aromatic N) is 3. The van der Waals surface area contributed by atoms with E-state index in [0.717, 1.165) is 5.56 Å². The lowest BCUT2D eigenvalue weighted by atomic mass is 9.98. The fourth-order valence-corrected chi connectivity index (χ4v) is 3.53. The Bertz CT molecular complexity index is 745. The summed E-state index contributed by atoms with van der Waals surface area (Å²) in [6.45, 7) is 3.04. The predicted octanol–water partition coefficient (Wildman–Crippen LogP) is 2.18. The largest absolute Gasteiger partial charge is 0.339 e. The summed E-state index contributed by atoms with van der Waals surface area (Å²) in [5.41, 5.74) is 2.11. The summed E-state index contributed by atoms with van der Waals surface area (Å²) in [6.07, 6.45) is 2.67. The fraction of sp³-hybridized carbons (Fsp3) is 0.467. The van der Waals surface area contributed by atoms with E-state index in [4.69, 9.17) is 4.52 Å². The van der Waals surface area contributed by atoms with E-state index in [1.54, 1.807) is 0 Å². The Morgan fingerprint density at radius 3 is 2.41 bits per heavy atom. The highest BCUT2D eigenvalue weighted by Gasteiger charge is 2.29. The van der Waals surface area contributed by atoms with E-state index in [2.05, 4.69) is 10.1 Å². The van der Waals surface area contributed by atoms with Crippen molar-refractivity contribution >= 4 is 10.0 Å². The molecule has 22 heavy (non-hydrogen) atoms. The van der Waals surface area contributed by atoms with Gasteiger partial charge in [-0.2, -0.15) is 4.98 Å². The minimum absolute atomic E-state index is 0.129. The molecule has 1 saturated heterocycles. The molecule has 0 atom stereocenters. The lowest BCUT2D eigenvalue weighted by Gasteiger charge is -2.28. The first-order valence-electron chi connectivity index (χ1n) is 7.29. The molecule has 6 nitrogen and oxygen atoms in total. The molecule has 1 fully saturated rings. The average Bonchev–Trinajstić information content (AvgIpc) is 2.97. The normalized spacial score (nSPS) is 17.7. The first kappa shape index (κ1) is 15.2. The minimum atomic E-state index is -3.11. The summed E-state index contributed by atoms with van der Waals surface area (Å²) >= 11 is 0. The molecule has 0 bridgehead atoms. The van der Waals surface area contributed by atoms with Gasteiger partial charge in [-0.15, -0.1) is 0 Å². The molecule has 0 radical (unpaired) electrons. The summed E-state index contributed by atoms with van der Waals surface area (Å²) in [7, 11) is -3.11. The molecule has 0 unspecified atom stereocenters. The highest BCUT2D eigenvalue weighted by atomic mass is 32.2. The van der Waals surface area contributed by atoms with Gasteiger partial charge >= 0.3 is 0 Å². The fourth-order valence-electron chi connectivity index (χ4n) is 2.66. The Kier molecular flexibility index (Phi) is 4.01. The Balaban J connectivity index is 1.71. The first-order chi connectivity index (χ1) is 10.4. The molecule has 2 aromatic rings. The molecule has 3 rings (SSSR count). The zero-order valence-corrected chi connectivity index (χ0v) is 13.5. The molecule has 0 N–H and O–H groups in total. The second kappa shape index (κ2) is 5.81. The van der Waals surface area contributed by atoms with Crippen LogP contribution in [0.3, 0.4) is 0 Å². The summed E-state index contributed by atoms with van der Waals surface area (Å²) in [4.78, 5) is 4.48. The van der Waals surface area contributed by atoms with Crippen molar-refractivity contribution in [2.24, 2.45) is 0 Å². The van der Waals surface area contributed by atoms with Gasteiger partial charge in [0.05, 0.1) is 6.26 Å². The van der Waals surface area contributed by atoms with Crippen molar-refractivity contribution in [1.29, 1.82) is 0 Å². The van der Waals surface area contributed by atoms with Gasteiger partial charge in [-0.05, 0) is 19.8 Å². The van der Waals surface area contributed by atoms with Gasteiger partial charge in [-0.1, -0.05) is 35.0 Å². The number of sulfonamides is 1. The maximum Gasteiger partial charge on any atom is 0.230 e. The molecular weight excluding hydrogens is 302 g/mol. The maximum atomic E-state index is 11.5. The number of hydrogen-bond acceptors (Lipinski definition) is 5. The lowest BCUT2D eigenvalue weighted by Crippen LogP contribution is -2.37. The first-order valence-corrected chi connectivity index (χ1v) is 9.14. The number of rotatable bonds is 3. The minimum Gasteiger partial charge on any atom is -0.339 e. The summed E-state index contributed by atoms with van der Waals surface area (Å²) < 4.78 is 29.9. The Morgan fingerprint density at radius 2 is 1.82 bits per heavy atom. The van der Waals surface area contributed by atoms with E-state index in [1.165, 1.54) is 16.1 Å². The van der Waals surface area contributed by atoms with Gasteiger partial charge < -0.3 is 4.52 Å². The van der Waals surface area contributed by atoms with Gasteiger partial charge in [0.2, 0.25) is 21.7 Å². The van der Waals surface area contributed by atoms with Gasteiger partial charge in [-0.3, -0.25) is 0 Å². The van der Waals surface area contributed by atoms with Gasteiger partial charge in [0, 0.05) is 24.6 Å². The van der Waals surface area contributed by atoms with E-state index < -0.39 is 10.0 Å². The van der Waals surface area contributed by atoms with Gasteiger partial charge in [0.15, 0.2) is 0 Å². The van der Waals surface area contributed by atoms with Crippen LogP contribution in [0.1, 0.15) is 30.2 Å². The van der Waals surface area contributed by atoms with Crippen LogP contribution in [0, 0.1) is 6.92 Å². The van der Waals surface area contributed by atoms with Crippen molar-refractivity contribution in [2.45, 2.75) is 25.7 Å². The quantitative estimate of drug-likeness (QED) is 0.866. The van der Waals surface area contributed by atoms with E-state index >= 15 is 0 Å². The third-order valence-corrected chi connectivity index (χ3v) is 5.33. The molecule has 0 spiro atoms. The molecule has 2 heterocycles. The molecule has 1 aliphatic heterocycles. The van der Waals surface area contributed by atoms with Gasteiger partial charge in [-0.25, -0.2) is 12.7 Å². The van der Waals surface area contributed by atoms with E-state index in [1.807, 2.05) is 31.2 Å². The molecule has 118 valence electrons. The zero-order chi connectivity index (χ0) is 15.7. The van der Waals surface area contributed by atoms with Crippen LogP contribution in [0.15, 0.2) is 28.8 Å². The molecule has 1 aromatic carbocycles. The number of piperidine rings is 1. The molecule has 1 aromatic heterocycles. The summed E-state index contributed by atoms with van der Waals surface area (Å²) in [6, 6.07) is 7.96. The van der Waals surface area contributed by atoms with Crippen molar-refractivity contribution in [2.75, 3.05) is 19.3 Å². The smallest absolute Gasteiger partial charge is 0.230 e. The number of aryl methyl sites for hydroxylation is 1. The second-order valence-electron chi connectivity index (χ2n) is 5.76. The third kappa shape index (κ3) is 3.20. The number of aromatic nitrogens is 2. The van der Waals surface area contributed by atoms with Gasteiger partial charge in [0.25, 0.3) is 0 Å². The standard InChI is InChI=1S/C15H19N3O3S/c1-11-3-5-12(6-4-11)14-16-15(21-17-14)13-7-9-18(10-8-13)22(2,19)20/h3-6,13H,7-10H2,1-2H3. The van der Waals surface area contributed by atoms with Crippen molar-refractivity contribution in [3.8, 4) is 11.4 Å². The predicted molar refractivity (Wildman–Crippen MR) is 82.9 cm³/mol. The van der Waals surface area contributed by atoms with Crippen LogP contribution in [0.2, 0.25) is 0 Å². The number of hydrogen-bond donors (Lipinski definition) is 0. The maximum absolute atomic E-state index is 11.5. The van der Waals surface area contributed by atoms with E-state index in [9.17, 15) is 8.42 Å². The van der Waals surface area contributed by atoms with Crippen LogP contribution in [0.25, 0.3) is 11.4 Å². The Morgan fingerprint density at radius 1 is 1.18 bits per heavy atom. The Labute approximate surface area is 130 Å². The van der Waals surface area contributed by atoms with Crippen LogP contribution in [-0.2, 0) is 10.0 Å². The highest BCUT2D eigenvalue weighted by molar-refractivity contribution is 7.88. The van der Waals surface area contributed by atoms with Crippen molar-refractivity contribution in [1.82, 2.24) is 14.4 Å². The van der Waals surface area contributed by atoms with Crippen LogP contribution in [-0.4, -0.2) is 42.2 Å². The van der Waals surface area contributed by atoms with Crippen LogP contribution >= 0.6 is 0 Å². The summed E-state index contributed by atoms with van der Waals surface area (Å²) in [5, 5.41) is 4.04. The molecule has 7 heteroatoms. The van der Waals surface area contributed by atoms with Gasteiger partial charge in [0.1, 0.15) is 0 Å². The third-order valence-electron chi connectivity index (χ3n) is 4.02. The van der Waals surface area contributed by atoms with Crippen molar-refractivity contribution in [3.05, 3.63) is 35.7 Å². The molecule has 1 aliphatic rings. The van der Waals surface area contributed by atoms with Crippen molar-refractivity contribution in [3.63, 3.8) is 0 Å². The molecule has 0 amide bonds. The average molecular weight is 321 g/mol. The van der Waals surface area contributed by atoms with Crippen LogP contribution in [0.4, 0.5) is 0 Å². The van der Waals surface area contributed by atoms with Crippen molar-refractivity contribution < 1.29 is 12.9 Å². The van der Waals surface area contributed by atoms with E-state index in [0.29, 0.717) is 37.6 Å². The lowest BCUT2D eigenvalue weighted by molar-refractivity contribution is 0.271. The Hall–Kier alpha value is -1.73. The monoisotopic (exact) mass is 321 g/mol. The molecule has 0 saturated carbocycles.